The number of allylic oxidation sites excluding steroid dienone is 1. The van der Waals surface area contributed by atoms with E-state index >= 15 is 0 Å². The smallest absolute Gasteiger partial charge is 0.232 e. The highest BCUT2D eigenvalue weighted by Crippen LogP contribution is 2.38. The second kappa shape index (κ2) is 7.20. The van der Waals surface area contributed by atoms with Crippen LogP contribution in [-0.2, 0) is 6.54 Å². The van der Waals surface area contributed by atoms with Crippen LogP contribution in [-0.4, -0.2) is 19.4 Å². The van der Waals surface area contributed by atoms with E-state index in [1.54, 1.807) is 23.5 Å². The Hall–Kier alpha value is -2.11. The van der Waals surface area contributed by atoms with Crippen LogP contribution in [0.25, 0.3) is 6.08 Å². The first-order valence-corrected chi connectivity index (χ1v) is 9.10. The predicted molar refractivity (Wildman–Crippen MR) is 93.5 cm³/mol. The number of nitrogens with one attached hydrogen (secondary N) is 1. The van der Waals surface area contributed by atoms with Gasteiger partial charge in [-0.15, -0.1) is 11.3 Å². The summed E-state index contributed by atoms with van der Waals surface area (Å²) in [5.41, 5.74) is 1.10. The molecule has 0 fully saturated rings. The lowest BCUT2D eigenvalue weighted by molar-refractivity contribution is -0.894. The van der Waals surface area contributed by atoms with Crippen LogP contribution in [0.15, 0.2) is 35.4 Å². The highest BCUT2D eigenvalue weighted by atomic mass is 32.1. The normalized spacial score (nSPS) is 16.2. The maximum absolute atomic E-state index is 12.5. The summed E-state index contributed by atoms with van der Waals surface area (Å²) in [6.45, 7) is 3.71. The van der Waals surface area contributed by atoms with Crippen LogP contribution < -0.4 is 14.7 Å². The average molecular weight is 343 g/mol. The lowest BCUT2D eigenvalue weighted by Gasteiger charge is -2.20. The number of thiophene rings is 1. The zero-order valence-electron chi connectivity index (χ0n) is 13.9. The lowest BCUT2D eigenvalue weighted by atomic mass is 10.0. The number of ether oxygens (including phenoxy) is 1. The summed E-state index contributed by atoms with van der Waals surface area (Å²) < 4.78 is 5.81. The molecule has 2 heterocycles. The summed E-state index contributed by atoms with van der Waals surface area (Å²) >= 11 is 1.54. The van der Waals surface area contributed by atoms with E-state index in [9.17, 15) is 9.90 Å². The van der Waals surface area contributed by atoms with Gasteiger partial charge in [-0.2, -0.15) is 0 Å². The Morgan fingerprint density at radius 2 is 2.17 bits per heavy atom. The fraction of sp³-hybridized carbons (Fsp3) is 0.316. The van der Waals surface area contributed by atoms with E-state index in [-0.39, 0.29) is 11.5 Å². The van der Waals surface area contributed by atoms with Gasteiger partial charge in [-0.05, 0) is 23.9 Å². The predicted octanol–water partition coefficient (Wildman–Crippen LogP) is 2.25. The molecular formula is C19H21NO3S. The molecule has 24 heavy (non-hydrogen) atoms. The summed E-state index contributed by atoms with van der Waals surface area (Å²) in [5, 5.41) is 14.2. The molecule has 1 aromatic heterocycles. The van der Waals surface area contributed by atoms with Crippen molar-refractivity contribution >= 4 is 23.2 Å². The lowest BCUT2D eigenvalue weighted by Crippen LogP contribution is -3.07. The molecule has 0 bridgehead atoms. The summed E-state index contributed by atoms with van der Waals surface area (Å²) in [5.74, 6) is 0.539. The van der Waals surface area contributed by atoms with Gasteiger partial charge >= 0.3 is 0 Å². The van der Waals surface area contributed by atoms with Gasteiger partial charge in [0.25, 0.3) is 0 Å². The third kappa shape index (κ3) is 3.37. The Kier molecular flexibility index (Phi) is 5.02. The summed E-state index contributed by atoms with van der Waals surface area (Å²) in [6.07, 6.45) is 3.98. The molecule has 0 aliphatic carbocycles. The fourth-order valence-corrected chi connectivity index (χ4v) is 3.47. The number of carbonyl (C=O) groups excluding carboxylic acids is 1. The molecule has 1 aliphatic heterocycles. The molecule has 1 aromatic carbocycles. The number of unbranched alkanes of at least 4 members (excludes halogenated alkanes) is 1. The van der Waals surface area contributed by atoms with Crippen LogP contribution in [0.3, 0.4) is 0 Å². The molecule has 5 heteroatoms. The number of ketones is 1. The zero-order valence-corrected chi connectivity index (χ0v) is 14.7. The van der Waals surface area contributed by atoms with Crippen molar-refractivity contribution in [2.45, 2.75) is 26.3 Å². The fourth-order valence-electron chi connectivity index (χ4n) is 2.83. The third-order valence-electron chi connectivity index (χ3n) is 4.15. The first-order valence-electron chi connectivity index (χ1n) is 8.22. The number of hydrogen-bond acceptors (Lipinski definition) is 4. The second-order valence-corrected chi connectivity index (χ2v) is 7.09. The van der Waals surface area contributed by atoms with Crippen molar-refractivity contribution in [1.82, 2.24) is 0 Å². The molecule has 4 nitrogen and oxygen atoms in total. The standard InChI is InChI=1S/C19H21NO3S/c1-3-4-9-20(2)12-15-16(21)8-7-14-18(22)17(23-19(14)15)11-13-6-5-10-24-13/h5-8,10-11,21H,3-4,9,12H2,1-2H3. The van der Waals surface area contributed by atoms with E-state index in [1.807, 2.05) is 17.5 Å². The van der Waals surface area contributed by atoms with E-state index in [1.165, 1.54) is 11.0 Å². The maximum atomic E-state index is 12.5. The van der Waals surface area contributed by atoms with Crippen LogP contribution in [0, 0.1) is 0 Å². The van der Waals surface area contributed by atoms with Crippen molar-refractivity contribution in [3.63, 3.8) is 0 Å². The first kappa shape index (κ1) is 16.7. The van der Waals surface area contributed by atoms with E-state index in [0.717, 1.165) is 24.3 Å². The maximum Gasteiger partial charge on any atom is 0.232 e. The quantitative estimate of drug-likeness (QED) is 0.819. The summed E-state index contributed by atoms with van der Waals surface area (Å²) in [7, 11) is 2.06. The topological polar surface area (TPSA) is 53.8 Å². The van der Waals surface area contributed by atoms with Gasteiger partial charge in [0.2, 0.25) is 5.78 Å². The number of rotatable bonds is 6. The van der Waals surface area contributed by atoms with E-state index in [0.29, 0.717) is 29.2 Å². The Morgan fingerprint density at radius 1 is 1.33 bits per heavy atom. The molecule has 1 unspecified atom stereocenters. The van der Waals surface area contributed by atoms with E-state index < -0.39 is 0 Å². The monoisotopic (exact) mass is 343 g/mol. The summed E-state index contributed by atoms with van der Waals surface area (Å²) in [4.78, 5) is 14.8. The minimum atomic E-state index is -0.147. The van der Waals surface area contributed by atoms with E-state index in [2.05, 4.69) is 14.0 Å². The van der Waals surface area contributed by atoms with Crippen LogP contribution in [0.4, 0.5) is 0 Å². The highest BCUT2D eigenvalue weighted by Gasteiger charge is 2.30. The van der Waals surface area contributed by atoms with Gasteiger partial charge in [-0.3, -0.25) is 4.79 Å². The number of hydrogen-bond donors (Lipinski definition) is 1. The van der Waals surface area contributed by atoms with Crippen LogP contribution in [0.1, 0.15) is 40.6 Å². The van der Waals surface area contributed by atoms with Crippen molar-refractivity contribution in [2.75, 3.05) is 13.6 Å². The van der Waals surface area contributed by atoms with Crippen LogP contribution >= 0.6 is 11.3 Å². The van der Waals surface area contributed by atoms with Gasteiger partial charge in [0, 0.05) is 16.5 Å². The number of benzene rings is 1. The largest absolute Gasteiger partial charge is 0.872 e. The van der Waals surface area contributed by atoms with Gasteiger partial charge < -0.3 is 14.7 Å². The minimum Gasteiger partial charge on any atom is -0.872 e. The molecule has 0 amide bonds. The van der Waals surface area contributed by atoms with Crippen molar-refractivity contribution in [3.05, 3.63) is 51.4 Å². The van der Waals surface area contributed by atoms with Gasteiger partial charge in [0.15, 0.2) is 5.76 Å². The number of Topliss-reactive ketones (excluding diaryl/α,β-unsaturated/α-hetero) is 1. The molecular weight excluding hydrogens is 322 g/mol. The van der Waals surface area contributed by atoms with Crippen molar-refractivity contribution < 1.29 is 19.5 Å². The Morgan fingerprint density at radius 3 is 2.88 bits per heavy atom. The van der Waals surface area contributed by atoms with Gasteiger partial charge in [0.1, 0.15) is 12.3 Å². The SMILES string of the molecule is CCCC[NH+](C)Cc1c([O-])ccc2c1OC(=Cc1cccs1)C2=O. The van der Waals surface area contributed by atoms with Crippen LogP contribution in [0.2, 0.25) is 0 Å². The third-order valence-corrected chi connectivity index (χ3v) is 4.97. The molecule has 3 rings (SSSR count). The molecule has 1 aliphatic rings. The number of carbonyl (C=O) groups is 1. The molecule has 0 spiro atoms. The molecule has 0 saturated heterocycles. The Labute approximate surface area is 146 Å². The Balaban J connectivity index is 1.89. The molecule has 0 radical (unpaired) electrons. The number of quaternary nitrogens is 1. The van der Waals surface area contributed by atoms with E-state index in [4.69, 9.17) is 4.74 Å². The van der Waals surface area contributed by atoms with Crippen LogP contribution in [0.5, 0.6) is 11.5 Å². The van der Waals surface area contributed by atoms with Crippen molar-refractivity contribution in [3.8, 4) is 11.5 Å². The Bertz CT molecular complexity index is 765. The molecule has 2 aromatic rings. The molecule has 1 atom stereocenters. The van der Waals surface area contributed by atoms with Crippen molar-refractivity contribution in [1.29, 1.82) is 0 Å². The van der Waals surface area contributed by atoms with Gasteiger partial charge in [-0.25, -0.2) is 0 Å². The van der Waals surface area contributed by atoms with Gasteiger partial charge in [-0.1, -0.05) is 31.2 Å². The van der Waals surface area contributed by atoms with Crippen molar-refractivity contribution in [2.24, 2.45) is 0 Å². The molecule has 126 valence electrons. The first-order chi connectivity index (χ1) is 11.6. The molecule has 1 N–H and O–H groups in total. The molecule has 0 saturated carbocycles. The minimum absolute atomic E-state index is 0.0604. The zero-order chi connectivity index (χ0) is 17.1. The summed E-state index contributed by atoms with van der Waals surface area (Å²) in [6, 6.07) is 6.92. The van der Waals surface area contributed by atoms with Gasteiger partial charge in [0.05, 0.1) is 19.2 Å². The second-order valence-electron chi connectivity index (χ2n) is 6.11. The highest BCUT2D eigenvalue weighted by molar-refractivity contribution is 7.10. The number of fused-ring (bicyclic) bond motifs is 1. The average Bonchev–Trinajstić information content (AvgIpc) is 3.18.